The third kappa shape index (κ3) is 3.50. The Labute approximate surface area is 83.4 Å². The Morgan fingerprint density at radius 1 is 1.23 bits per heavy atom. The summed E-state index contributed by atoms with van der Waals surface area (Å²) in [5.74, 6) is 6.06. The van der Waals surface area contributed by atoms with E-state index in [1.807, 2.05) is 24.3 Å². The van der Waals surface area contributed by atoms with Crippen LogP contribution in [-0.4, -0.2) is 17.6 Å². The fourth-order valence-electron chi connectivity index (χ4n) is 1.02. The van der Waals surface area contributed by atoms with Gasteiger partial charge in [0.1, 0.15) is 0 Å². The van der Waals surface area contributed by atoms with Crippen molar-refractivity contribution in [1.29, 1.82) is 0 Å². The standard InChI is InChI=1S/C11H11ClO/c12-8-1-2-10-3-5-11(6-4-10)7-9-13/h3-6,13H,7-9H2. The van der Waals surface area contributed by atoms with Gasteiger partial charge in [0, 0.05) is 12.2 Å². The lowest BCUT2D eigenvalue weighted by Crippen LogP contribution is -1.89. The van der Waals surface area contributed by atoms with Crippen LogP contribution in [0.25, 0.3) is 0 Å². The fourth-order valence-corrected chi connectivity index (χ4v) is 1.09. The number of aliphatic hydroxyl groups is 1. The van der Waals surface area contributed by atoms with E-state index in [9.17, 15) is 0 Å². The average molecular weight is 195 g/mol. The minimum atomic E-state index is 0.187. The van der Waals surface area contributed by atoms with E-state index in [4.69, 9.17) is 16.7 Å². The van der Waals surface area contributed by atoms with Gasteiger partial charge in [0.2, 0.25) is 0 Å². The van der Waals surface area contributed by atoms with Crippen LogP contribution in [0.2, 0.25) is 0 Å². The summed E-state index contributed by atoms with van der Waals surface area (Å²) in [6.07, 6.45) is 0.698. The molecule has 68 valence electrons. The van der Waals surface area contributed by atoms with E-state index in [1.54, 1.807) is 0 Å². The molecule has 0 unspecified atom stereocenters. The first-order valence-electron chi connectivity index (χ1n) is 4.11. The highest BCUT2D eigenvalue weighted by Crippen LogP contribution is 2.03. The molecule has 1 rings (SSSR count). The molecule has 13 heavy (non-hydrogen) atoms. The molecule has 0 radical (unpaired) electrons. The summed E-state index contributed by atoms with van der Waals surface area (Å²) < 4.78 is 0. The fraction of sp³-hybridized carbons (Fsp3) is 0.273. The zero-order valence-electron chi connectivity index (χ0n) is 7.26. The molecule has 1 aromatic carbocycles. The maximum absolute atomic E-state index is 8.68. The number of hydrogen-bond donors (Lipinski definition) is 1. The SMILES string of the molecule is OCCc1ccc(C#CCCl)cc1. The lowest BCUT2D eigenvalue weighted by atomic mass is 10.1. The Morgan fingerprint density at radius 3 is 2.46 bits per heavy atom. The maximum Gasteiger partial charge on any atom is 0.0839 e. The van der Waals surface area contributed by atoms with Crippen molar-refractivity contribution in [2.24, 2.45) is 0 Å². The number of benzene rings is 1. The number of halogens is 1. The molecule has 2 heteroatoms. The monoisotopic (exact) mass is 194 g/mol. The van der Waals surface area contributed by atoms with E-state index in [1.165, 1.54) is 0 Å². The highest BCUT2D eigenvalue weighted by Gasteiger charge is 1.90. The molecule has 0 heterocycles. The van der Waals surface area contributed by atoms with Gasteiger partial charge in [0.15, 0.2) is 0 Å². The van der Waals surface area contributed by atoms with Gasteiger partial charge in [0.05, 0.1) is 5.88 Å². The number of rotatable bonds is 2. The minimum absolute atomic E-state index is 0.187. The van der Waals surface area contributed by atoms with Gasteiger partial charge >= 0.3 is 0 Å². The first kappa shape index (κ1) is 10.1. The van der Waals surface area contributed by atoms with E-state index in [2.05, 4.69) is 11.8 Å². The first-order valence-corrected chi connectivity index (χ1v) is 4.65. The molecule has 0 atom stereocenters. The van der Waals surface area contributed by atoms with E-state index in [-0.39, 0.29) is 6.61 Å². The van der Waals surface area contributed by atoms with Crippen LogP contribution in [0.4, 0.5) is 0 Å². The Bertz CT molecular complexity index is 305. The van der Waals surface area contributed by atoms with Crippen LogP contribution in [-0.2, 0) is 6.42 Å². The molecule has 1 N–H and O–H groups in total. The molecule has 0 saturated heterocycles. The van der Waals surface area contributed by atoms with Crippen LogP contribution < -0.4 is 0 Å². The van der Waals surface area contributed by atoms with Crippen molar-refractivity contribution >= 4 is 11.6 Å². The Balaban J connectivity index is 2.69. The Hall–Kier alpha value is -0.970. The van der Waals surface area contributed by atoms with Gasteiger partial charge in [-0.1, -0.05) is 24.0 Å². The topological polar surface area (TPSA) is 20.2 Å². The van der Waals surface area contributed by atoms with E-state index in [0.29, 0.717) is 12.3 Å². The summed E-state index contributed by atoms with van der Waals surface area (Å²) in [6, 6.07) is 7.80. The second-order valence-electron chi connectivity index (χ2n) is 2.61. The molecule has 1 aromatic rings. The molecule has 0 aliphatic rings. The molecule has 0 aliphatic carbocycles. The molecule has 0 aliphatic heterocycles. The summed E-state index contributed by atoms with van der Waals surface area (Å²) in [5, 5.41) is 8.68. The van der Waals surface area contributed by atoms with Crippen molar-refractivity contribution in [3.8, 4) is 11.8 Å². The molecule has 0 bridgehead atoms. The second kappa shape index (κ2) is 5.64. The van der Waals surface area contributed by atoms with Gasteiger partial charge in [-0.3, -0.25) is 0 Å². The molecule has 0 saturated carbocycles. The van der Waals surface area contributed by atoms with Crippen molar-refractivity contribution in [3.63, 3.8) is 0 Å². The summed E-state index contributed by atoms with van der Waals surface area (Å²) in [4.78, 5) is 0. The predicted octanol–water partition coefficient (Wildman–Crippen LogP) is 1.81. The third-order valence-electron chi connectivity index (χ3n) is 1.65. The average Bonchev–Trinajstić information content (AvgIpc) is 2.17. The van der Waals surface area contributed by atoms with E-state index < -0.39 is 0 Å². The molecular weight excluding hydrogens is 184 g/mol. The van der Waals surface area contributed by atoms with Crippen molar-refractivity contribution in [2.45, 2.75) is 6.42 Å². The number of alkyl halides is 1. The molecule has 0 fully saturated rings. The van der Waals surface area contributed by atoms with E-state index >= 15 is 0 Å². The van der Waals surface area contributed by atoms with Crippen LogP contribution >= 0.6 is 11.6 Å². The number of hydrogen-bond acceptors (Lipinski definition) is 1. The van der Waals surface area contributed by atoms with Gasteiger partial charge in [-0.2, -0.15) is 0 Å². The Morgan fingerprint density at radius 2 is 1.92 bits per heavy atom. The van der Waals surface area contributed by atoms with Gasteiger partial charge < -0.3 is 5.11 Å². The van der Waals surface area contributed by atoms with Gasteiger partial charge in [0.25, 0.3) is 0 Å². The quantitative estimate of drug-likeness (QED) is 0.563. The number of aliphatic hydroxyl groups excluding tert-OH is 1. The van der Waals surface area contributed by atoms with Crippen LogP contribution in [0.15, 0.2) is 24.3 Å². The molecular formula is C11H11ClO. The van der Waals surface area contributed by atoms with Crippen LogP contribution in [0.3, 0.4) is 0 Å². The first-order chi connectivity index (χ1) is 6.36. The Kier molecular flexibility index (Phi) is 4.39. The minimum Gasteiger partial charge on any atom is -0.396 e. The van der Waals surface area contributed by atoms with Crippen LogP contribution in [0.1, 0.15) is 11.1 Å². The summed E-state index contributed by atoms with van der Waals surface area (Å²) in [6.45, 7) is 0.187. The normalized spacial score (nSPS) is 9.08. The summed E-state index contributed by atoms with van der Waals surface area (Å²) in [7, 11) is 0. The maximum atomic E-state index is 8.68. The highest BCUT2D eigenvalue weighted by atomic mass is 35.5. The third-order valence-corrected chi connectivity index (χ3v) is 1.79. The molecule has 0 spiro atoms. The smallest absolute Gasteiger partial charge is 0.0839 e. The highest BCUT2D eigenvalue weighted by molar-refractivity contribution is 6.19. The predicted molar refractivity (Wildman–Crippen MR) is 54.8 cm³/mol. The zero-order valence-corrected chi connectivity index (χ0v) is 8.01. The largest absolute Gasteiger partial charge is 0.396 e. The van der Waals surface area contributed by atoms with Gasteiger partial charge in [-0.25, -0.2) is 0 Å². The van der Waals surface area contributed by atoms with Crippen molar-refractivity contribution in [1.82, 2.24) is 0 Å². The lowest BCUT2D eigenvalue weighted by molar-refractivity contribution is 0.299. The van der Waals surface area contributed by atoms with Gasteiger partial charge in [-0.05, 0) is 24.1 Å². The van der Waals surface area contributed by atoms with Crippen molar-refractivity contribution < 1.29 is 5.11 Å². The van der Waals surface area contributed by atoms with E-state index in [0.717, 1.165) is 11.1 Å². The second-order valence-corrected chi connectivity index (χ2v) is 2.87. The molecule has 0 aromatic heterocycles. The summed E-state index contributed by atoms with van der Waals surface area (Å²) >= 11 is 5.43. The van der Waals surface area contributed by atoms with Crippen molar-refractivity contribution in [2.75, 3.05) is 12.5 Å². The van der Waals surface area contributed by atoms with Crippen LogP contribution in [0, 0.1) is 11.8 Å². The van der Waals surface area contributed by atoms with Crippen LogP contribution in [0.5, 0.6) is 0 Å². The molecule has 1 nitrogen and oxygen atoms in total. The molecule has 0 amide bonds. The lowest BCUT2D eigenvalue weighted by Gasteiger charge is -1.96. The van der Waals surface area contributed by atoms with Gasteiger partial charge in [-0.15, -0.1) is 11.6 Å². The summed E-state index contributed by atoms with van der Waals surface area (Å²) in [5.41, 5.74) is 2.08. The zero-order chi connectivity index (χ0) is 9.52. The van der Waals surface area contributed by atoms with Crippen molar-refractivity contribution in [3.05, 3.63) is 35.4 Å².